The van der Waals surface area contributed by atoms with E-state index in [1.54, 1.807) is 19.2 Å². The lowest BCUT2D eigenvalue weighted by Crippen LogP contribution is -2.19. The molecule has 4 heteroatoms. The Balaban J connectivity index is 2.80. The molecule has 0 saturated carbocycles. The molecular formula is C12H16BrNO2. The minimum Gasteiger partial charge on any atom is -0.508 e. The highest BCUT2D eigenvalue weighted by Crippen LogP contribution is 2.28. The average Bonchev–Trinajstić information content (AvgIpc) is 2.26. The Morgan fingerprint density at radius 3 is 2.88 bits per heavy atom. The summed E-state index contributed by atoms with van der Waals surface area (Å²) >= 11 is 3.28. The number of phenolic OH excluding ortho intramolecular Hbond substituents is 1. The molecule has 1 aromatic rings. The molecule has 0 heterocycles. The van der Waals surface area contributed by atoms with E-state index in [-0.39, 0.29) is 11.8 Å². The number of methoxy groups -OCH3 is 1. The van der Waals surface area contributed by atoms with Crippen LogP contribution < -0.4 is 10.1 Å². The zero-order valence-electron chi connectivity index (χ0n) is 9.46. The van der Waals surface area contributed by atoms with E-state index in [9.17, 15) is 5.11 Å². The van der Waals surface area contributed by atoms with Crippen molar-refractivity contribution in [2.75, 3.05) is 13.7 Å². The van der Waals surface area contributed by atoms with Gasteiger partial charge in [0, 0.05) is 22.6 Å². The summed E-state index contributed by atoms with van der Waals surface area (Å²) in [5.41, 5.74) is 0.813. The Kier molecular flexibility index (Phi) is 4.83. The SMILES string of the molecule is C=C(Br)CNC(C)c1cc(OC)ccc1O. The number of ether oxygens (including phenoxy) is 1. The fourth-order valence-electron chi connectivity index (χ4n) is 1.38. The van der Waals surface area contributed by atoms with Gasteiger partial charge in [0.05, 0.1) is 7.11 Å². The normalized spacial score (nSPS) is 12.2. The number of nitrogens with one attached hydrogen (secondary N) is 1. The van der Waals surface area contributed by atoms with E-state index in [1.807, 2.05) is 13.0 Å². The maximum atomic E-state index is 9.74. The second kappa shape index (κ2) is 5.92. The maximum absolute atomic E-state index is 9.74. The second-order valence-electron chi connectivity index (χ2n) is 3.54. The molecule has 0 fully saturated rings. The number of hydrogen-bond donors (Lipinski definition) is 2. The quantitative estimate of drug-likeness (QED) is 0.874. The van der Waals surface area contributed by atoms with Gasteiger partial charge in [0.25, 0.3) is 0 Å². The van der Waals surface area contributed by atoms with Crippen molar-refractivity contribution in [1.82, 2.24) is 5.32 Å². The van der Waals surface area contributed by atoms with Gasteiger partial charge in [0.2, 0.25) is 0 Å². The van der Waals surface area contributed by atoms with Crippen LogP contribution in [0.4, 0.5) is 0 Å². The Labute approximate surface area is 104 Å². The van der Waals surface area contributed by atoms with Crippen molar-refractivity contribution in [2.45, 2.75) is 13.0 Å². The highest BCUT2D eigenvalue weighted by molar-refractivity contribution is 9.11. The standard InChI is InChI=1S/C12H16BrNO2/c1-8(13)7-14-9(2)11-6-10(16-3)4-5-12(11)15/h4-6,9,14-15H,1,7H2,2-3H3. The molecule has 1 aromatic carbocycles. The third-order valence-electron chi connectivity index (χ3n) is 2.30. The zero-order valence-corrected chi connectivity index (χ0v) is 11.0. The molecule has 1 atom stereocenters. The van der Waals surface area contributed by atoms with Gasteiger partial charge < -0.3 is 15.2 Å². The molecule has 0 aliphatic heterocycles. The minimum absolute atomic E-state index is 0.0319. The molecule has 88 valence electrons. The first kappa shape index (κ1) is 13.1. The van der Waals surface area contributed by atoms with Crippen LogP contribution >= 0.6 is 15.9 Å². The fraction of sp³-hybridized carbons (Fsp3) is 0.333. The van der Waals surface area contributed by atoms with E-state index < -0.39 is 0 Å². The lowest BCUT2D eigenvalue weighted by molar-refractivity contribution is 0.408. The Morgan fingerprint density at radius 1 is 1.62 bits per heavy atom. The van der Waals surface area contributed by atoms with Crippen molar-refractivity contribution < 1.29 is 9.84 Å². The topological polar surface area (TPSA) is 41.5 Å². The van der Waals surface area contributed by atoms with Crippen LogP contribution in [0.25, 0.3) is 0 Å². The van der Waals surface area contributed by atoms with E-state index in [0.29, 0.717) is 6.54 Å². The smallest absolute Gasteiger partial charge is 0.120 e. The summed E-state index contributed by atoms with van der Waals surface area (Å²) in [5.74, 6) is 1.00. The molecule has 0 amide bonds. The van der Waals surface area contributed by atoms with Crippen LogP contribution in [0.15, 0.2) is 29.3 Å². The maximum Gasteiger partial charge on any atom is 0.120 e. The van der Waals surface area contributed by atoms with Crippen molar-refractivity contribution in [2.24, 2.45) is 0 Å². The van der Waals surface area contributed by atoms with E-state index in [0.717, 1.165) is 15.8 Å². The molecule has 0 radical (unpaired) electrons. The summed E-state index contributed by atoms with van der Waals surface area (Å²) in [4.78, 5) is 0. The van der Waals surface area contributed by atoms with Crippen molar-refractivity contribution in [3.63, 3.8) is 0 Å². The molecule has 0 bridgehead atoms. The second-order valence-corrected chi connectivity index (χ2v) is 4.67. The van der Waals surface area contributed by atoms with Crippen LogP contribution in [0.1, 0.15) is 18.5 Å². The van der Waals surface area contributed by atoms with Crippen LogP contribution in [-0.2, 0) is 0 Å². The van der Waals surface area contributed by atoms with E-state index in [2.05, 4.69) is 27.8 Å². The molecule has 16 heavy (non-hydrogen) atoms. The van der Waals surface area contributed by atoms with Crippen LogP contribution in [0.2, 0.25) is 0 Å². The Hall–Kier alpha value is -1.00. The van der Waals surface area contributed by atoms with Gasteiger partial charge in [0.1, 0.15) is 11.5 Å². The molecule has 0 aromatic heterocycles. The summed E-state index contributed by atoms with van der Waals surface area (Å²) in [6, 6.07) is 5.22. The van der Waals surface area contributed by atoms with Crippen LogP contribution in [0.3, 0.4) is 0 Å². The van der Waals surface area contributed by atoms with Gasteiger partial charge in [-0.15, -0.1) is 0 Å². The van der Waals surface area contributed by atoms with Crippen molar-refractivity contribution in [3.05, 3.63) is 34.8 Å². The van der Waals surface area contributed by atoms with E-state index >= 15 is 0 Å². The highest BCUT2D eigenvalue weighted by Gasteiger charge is 2.10. The van der Waals surface area contributed by atoms with Crippen LogP contribution in [-0.4, -0.2) is 18.8 Å². The third-order valence-corrected chi connectivity index (χ3v) is 2.58. The molecule has 2 N–H and O–H groups in total. The first-order valence-electron chi connectivity index (χ1n) is 4.98. The number of rotatable bonds is 5. The number of halogens is 1. The molecule has 0 aliphatic rings. The van der Waals surface area contributed by atoms with Crippen molar-refractivity contribution >= 4 is 15.9 Å². The van der Waals surface area contributed by atoms with Crippen molar-refractivity contribution in [3.8, 4) is 11.5 Å². The van der Waals surface area contributed by atoms with Gasteiger partial charge in [-0.1, -0.05) is 22.5 Å². The zero-order chi connectivity index (χ0) is 12.1. The van der Waals surface area contributed by atoms with Gasteiger partial charge in [-0.05, 0) is 25.1 Å². The van der Waals surface area contributed by atoms with E-state index in [4.69, 9.17) is 4.74 Å². The molecule has 0 saturated heterocycles. The van der Waals surface area contributed by atoms with Crippen LogP contribution in [0.5, 0.6) is 11.5 Å². The lowest BCUT2D eigenvalue weighted by Gasteiger charge is -2.16. The fourth-order valence-corrected chi connectivity index (χ4v) is 1.54. The average molecular weight is 286 g/mol. The third kappa shape index (κ3) is 3.54. The summed E-state index contributed by atoms with van der Waals surface area (Å²) in [6.07, 6.45) is 0. The monoisotopic (exact) mass is 285 g/mol. The molecule has 1 unspecified atom stereocenters. The number of benzene rings is 1. The summed E-state index contributed by atoms with van der Waals surface area (Å²) in [5, 5.41) is 13.0. The van der Waals surface area contributed by atoms with Gasteiger partial charge in [0.15, 0.2) is 0 Å². The number of phenols is 1. The number of hydrogen-bond acceptors (Lipinski definition) is 3. The van der Waals surface area contributed by atoms with Crippen LogP contribution in [0, 0.1) is 0 Å². The predicted molar refractivity (Wildman–Crippen MR) is 69.1 cm³/mol. The Bertz CT molecular complexity index is 379. The predicted octanol–water partition coefficient (Wildman–Crippen LogP) is 2.96. The van der Waals surface area contributed by atoms with Gasteiger partial charge in [-0.2, -0.15) is 0 Å². The lowest BCUT2D eigenvalue weighted by atomic mass is 10.1. The van der Waals surface area contributed by atoms with Gasteiger partial charge in [-0.25, -0.2) is 0 Å². The van der Waals surface area contributed by atoms with Gasteiger partial charge in [-0.3, -0.25) is 0 Å². The largest absolute Gasteiger partial charge is 0.508 e. The highest BCUT2D eigenvalue weighted by atomic mass is 79.9. The molecule has 0 spiro atoms. The molecular weight excluding hydrogens is 270 g/mol. The van der Waals surface area contributed by atoms with E-state index in [1.165, 1.54) is 0 Å². The first-order chi connectivity index (χ1) is 7.54. The molecule has 3 nitrogen and oxygen atoms in total. The first-order valence-corrected chi connectivity index (χ1v) is 5.77. The Morgan fingerprint density at radius 2 is 2.31 bits per heavy atom. The van der Waals surface area contributed by atoms with Crippen molar-refractivity contribution in [1.29, 1.82) is 0 Å². The molecule has 0 aliphatic carbocycles. The van der Waals surface area contributed by atoms with Gasteiger partial charge >= 0.3 is 0 Å². The number of aromatic hydroxyl groups is 1. The summed E-state index contributed by atoms with van der Waals surface area (Å²) in [7, 11) is 1.61. The minimum atomic E-state index is 0.0319. The molecule has 1 rings (SSSR count). The summed E-state index contributed by atoms with van der Waals surface area (Å²) < 4.78 is 6.00. The summed E-state index contributed by atoms with van der Waals surface area (Å²) in [6.45, 7) is 6.37.